The minimum atomic E-state index is -1.86. The number of rotatable bonds is 7. The average Bonchev–Trinajstić information content (AvgIpc) is 2.54. The van der Waals surface area contributed by atoms with Gasteiger partial charge in [-0.2, -0.15) is 0 Å². The topological polar surface area (TPSA) is 52.6 Å². The first-order valence-corrected chi connectivity index (χ1v) is 10.6. The maximum Gasteiger partial charge on any atom is 0.308 e. The van der Waals surface area contributed by atoms with Crippen LogP contribution in [-0.2, 0) is 19.1 Å². The van der Waals surface area contributed by atoms with Crippen LogP contribution in [0.3, 0.4) is 0 Å². The number of carbonyl (C=O) groups is 2. The second-order valence-corrected chi connectivity index (χ2v) is 11.1. The molecule has 122 valence electrons. The molecule has 0 heterocycles. The van der Waals surface area contributed by atoms with Crippen molar-refractivity contribution in [1.29, 1.82) is 0 Å². The van der Waals surface area contributed by atoms with Gasteiger partial charge in [0.1, 0.15) is 0 Å². The molecule has 0 aromatic heterocycles. The largest absolute Gasteiger partial charge is 0.469 e. The number of hydrogen-bond acceptors (Lipinski definition) is 4. The van der Waals surface area contributed by atoms with Gasteiger partial charge in [0.2, 0.25) is 0 Å². The zero-order valence-electron chi connectivity index (χ0n) is 14.1. The lowest BCUT2D eigenvalue weighted by Gasteiger charge is -2.35. The molecule has 5 heteroatoms. The highest BCUT2D eigenvalue weighted by Crippen LogP contribution is 2.33. The number of ether oxygens (including phenoxy) is 2. The van der Waals surface area contributed by atoms with Gasteiger partial charge in [-0.3, -0.25) is 9.59 Å². The summed E-state index contributed by atoms with van der Waals surface area (Å²) in [5.41, 5.74) is 0.159. The molecule has 0 aliphatic carbocycles. The third-order valence-corrected chi connectivity index (χ3v) is 9.15. The molecular weight excluding hydrogens is 296 g/mol. The predicted octanol–water partition coefficient (Wildman–Crippen LogP) is 2.73. The summed E-state index contributed by atoms with van der Waals surface area (Å²) in [6.07, 6.45) is 0.698. The molecule has 0 saturated heterocycles. The average molecular weight is 322 g/mol. The third-order valence-electron chi connectivity index (χ3n) is 4.65. The van der Waals surface area contributed by atoms with Gasteiger partial charge in [-0.05, 0) is 12.0 Å². The maximum absolute atomic E-state index is 12.2. The Hall–Kier alpha value is -1.62. The second kappa shape index (κ2) is 8.13. The molecule has 1 aromatic rings. The minimum absolute atomic E-state index is 0.159. The van der Waals surface area contributed by atoms with E-state index in [2.05, 4.69) is 36.9 Å². The van der Waals surface area contributed by atoms with Gasteiger partial charge in [-0.25, -0.2) is 0 Å². The van der Waals surface area contributed by atoms with Crippen LogP contribution in [0.1, 0.15) is 19.8 Å². The van der Waals surface area contributed by atoms with Crippen molar-refractivity contribution in [1.82, 2.24) is 0 Å². The summed E-state index contributed by atoms with van der Waals surface area (Å²) in [5.74, 6) is -0.820. The summed E-state index contributed by atoms with van der Waals surface area (Å²) in [6.45, 7) is 6.60. The Morgan fingerprint density at radius 1 is 1.09 bits per heavy atom. The smallest absolute Gasteiger partial charge is 0.308 e. The van der Waals surface area contributed by atoms with E-state index in [-0.39, 0.29) is 29.8 Å². The Kier molecular flexibility index (Phi) is 6.81. The van der Waals surface area contributed by atoms with Crippen LogP contribution in [0.2, 0.25) is 18.6 Å². The summed E-state index contributed by atoms with van der Waals surface area (Å²) in [4.78, 5) is 23.6. The van der Waals surface area contributed by atoms with Crippen LogP contribution < -0.4 is 5.19 Å². The quantitative estimate of drug-likeness (QED) is 0.572. The van der Waals surface area contributed by atoms with Gasteiger partial charge in [-0.1, -0.05) is 55.5 Å². The Morgan fingerprint density at radius 3 is 2.18 bits per heavy atom. The van der Waals surface area contributed by atoms with E-state index >= 15 is 0 Å². The fraction of sp³-hybridized carbons (Fsp3) is 0.529. The molecule has 0 amide bonds. The Morgan fingerprint density at radius 2 is 1.68 bits per heavy atom. The molecular formula is C17H26O4Si. The molecule has 0 N–H and O–H groups in total. The summed E-state index contributed by atoms with van der Waals surface area (Å²) in [7, 11) is 0.903. The first-order valence-electron chi connectivity index (χ1n) is 7.54. The number of esters is 2. The van der Waals surface area contributed by atoms with E-state index in [9.17, 15) is 9.59 Å². The van der Waals surface area contributed by atoms with Crippen LogP contribution in [0, 0.1) is 5.92 Å². The summed E-state index contributed by atoms with van der Waals surface area (Å²) in [5, 5.41) is 1.30. The van der Waals surface area contributed by atoms with Crippen LogP contribution in [0.15, 0.2) is 30.3 Å². The van der Waals surface area contributed by atoms with Crippen LogP contribution >= 0.6 is 0 Å². The van der Waals surface area contributed by atoms with Gasteiger partial charge < -0.3 is 9.47 Å². The summed E-state index contributed by atoms with van der Waals surface area (Å²) >= 11 is 0. The highest BCUT2D eigenvalue weighted by molar-refractivity contribution is 6.91. The molecule has 2 atom stereocenters. The van der Waals surface area contributed by atoms with E-state index in [1.165, 1.54) is 19.4 Å². The molecule has 4 nitrogen and oxygen atoms in total. The lowest BCUT2D eigenvalue weighted by molar-refractivity contribution is -0.146. The lowest BCUT2D eigenvalue weighted by Crippen LogP contribution is -2.48. The van der Waals surface area contributed by atoms with Crippen molar-refractivity contribution in [2.24, 2.45) is 5.92 Å². The van der Waals surface area contributed by atoms with Crippen LogP contribution in [0.25, 0.3) is 0 Å². The van der Waals surface area contributed by atoms with Gasteiger partial charge in [0, 0.05) is 6.42 Å². The van der Waals surface area contributed by atoms with E-state index in [1.54, 1.807) is 0 Å². The fourth-order valence-electron chi connectivity index (χ4n) is 2.73. The van der Waals surface area contributed by atoms with Crippen LogP contribution in [0.4, 0.5) is 0 Å². The summed E-state index contributed by atoms with van der Waals surface area (Å²) in [6, 6.07) is 10.3. The monoisotopic (exact) mass is 322 g/mol. The van der Waals surface area contributed by atoms with E-state index in [0.717, 1.165) is 0 Å². The molecule has 0 radical (unpaired) electrons. The number of carbonyl (C=O) groups excluding carboxylic acids is 2. The first kappa shape index (κ1) is 18.4. The van der Waals surface area contributed by atoms with Crippen LogP contribution in [-0.4, -0.2) is 34.2 Å². The Balaban J connectivity index is 2.97. The van der Waals surface area contributed by atoms with E-state index in [0.29, 0.717) is 6.42 Å². The molecule has 0 aliphatic heterocycles. The second-order valence-electron chi connectivity index (χ2n) is 6.12. The molecule has 1 aromatic carbocycles. The molecule has 0 saturated carbocycles. The zero-order valence-corrected chi connectivity index (χ0v) is 15.1. The van der Waals surface area contributed by atoms with Crippen molar-refractivity contribution in [3.8, 4) is 0 Å². The number of methoxy groups -OCH3 is 2. The summed E-state index contributed by atoms with van der Waals surface area (Å²) < 4.78 is 9.65. The number of benzene rings is 1. The molecule has 0 unspecified atom stereocenters. The maximum atomic E-state index is 12.2. The Labute approximate surface area is 133 Å². The number of hydrogen-bond donors (Lipinski definition) is 0. The molecule has 0 aliphatic rings. The van der Waals surface area contributed by atoms with Gasteiger partial charge in [-0.15, -0.1) is 0 Å². The lowest BCUT2D eigenvalue weighted by atomic mass is 10.00. The van der Waals surface area contributed by atoms with Crippen molar-refractivity contribution in [2.45, 2.75) is 38.4 Å². The molecule has 22 heavy (non-hydrogen) atoms. The van der Waals surface area contributed by atoms with E-state index < -0.39 is 8.07 Å². The highest BCUT2D eigenvalue weighted by Gasteiger charge is 2.39. The SMILES string of the molecule is COC(=O)CC[C@@H](C(=O)OC)[C@@H](C)[Si](C)(C)c1ccccc1. The first-order chi connectivity index (χ1) is 10.3. The van der Waals surface area contributed by atoms with Gasteiger partial charge >= 0.3 is 11.9 Å². The minimum Gasteiger partial charge on any atom is -0.469 e. The van der Waals surface area contributed by atoms with Crippen molar-refractivity contribution in [3.05, 3.63) is 30.3 Å². The Bertz CT molecular complexity index is 499. The van der Waals surface area contributed by atoms with Gasteiger partial charge in [0.05, 0.1) is 28.2 Å². The van der Waals surface area contributed by atoms with E-state index in [1.807, 2.05) is 18.2 Å². The highest BCUT2D eigenvalue weighted by atomic mass is 28.3. The molecule has 1 rings (SSSR count). The van der Waals surface area contributed by atoms with Crippen molar-refractivity contribution in [2.75, 3.05) is 14.2 Å². The van der Waals surface area contributed by atoms with Crippen molar-refractivity contribution < 1.29 is 19.1 Å². The fourth-order valence-corrected chi connectivity index (χ4v) is 5.62. The molecule has 0 spiro atoms. The van der Waals surface area contributed by atoms with Gasteiger partial charge in [0.15, 0.2) is 0 Å². The standard InChI is InChI=1S/C17H26O4Si/c1-13(22(4,5)14-9-7-6-8-10-14)15(17(19)21-3)11-12-16(18)20-2/h6-10,13,15H,11-12H2,1-5H3/t13-,15-/m1/s1. The van der Waals surface area contributed by atoms with E-state index in [4.69, 9.17) is 4.74 Å². The predicted molar refractivity (Wildman–Crippen MR) is 89.7 cm³/mol. The van der Waals surface area contributed by atoms with Gasteiger partial charge in [0.25, 0.3) is 0 Å². The van der Waals surface area contributed by atoms with Crippen molar-refractivity contribution >= 4 is 25.2 Å². The third kappa shape index (κ3) is 4.43. The zero-order chi connectivity index (χ0) is 16.8. The van der Waals surface area contributed by atoms with Crippen LogP contribution in [0.5, 0.6) is 0 Å². The molecule has 0 bridgehead atoms. The van der Waals surface area contributed by atoms with Crippen molar-refractivity contribution in [3.63, 3.8) is 0 Å². The normalized spacial score (nSPS) is 14.0. The molecule has 0 fully saturated rings.